The van der Waals surface area contributed by atoms with Crippen LogP contribution in [0.15, 0.2) is 36.4 Å². The Labute approximate surface area is 152 Å². The van der Waals surface area contributed by atoms with Gasteiger partial charge in [0.15, 0.2) is 5.82 Å². The zero-order valence-corrected chi connectivity index (χ0v) is 15.3. The Hall–Kier alpha value is -3.09. The molecule has 0 unspecified atom stereocenters. The van der Waals surface area contributed by atoms with Gasteiger partial charge in [-0.3, -0.25) is 4.57 Å². The topological polar surface area (TPSA) is 69.2 Å². The van der Waals surface area contributed by atoms with Crippen molar-refractivity contribution in [2.45, 2.75) is 13.8 Å². The smallest absolute Gasteiger partial charge is 0.231 e. The van der Waals surface area contributed by atoms with Crippen LogP contribution < -0.4 is 15.4 Å². The van der Waals surface area contributed by atoms with Gasteiger partial charge in [-0.2, -0.15) is 0 Å². The fraction of sp³-hybridized carbons (Fsp3) is 0.263. The molecule has 0 atom stereocenters. The first kappa shape index (κ1) is 17.7. The van der Waals surface area contributed by atoms with Crippen LogP contribution in [0.3, 0.4) is 0 Å². The molecule has 2 aromatic carbocycles. The Morgan fingerprint density at radius 2 is 1.96 bits per heavy atom. The van der Waals surface area contributed by atoms with Gasteiger partial charge in [0.05, 0.1) is 12.2 Å². The van der Waals surface area contributed by atoms with E-state index in [-0.39, 0.29) is 5.82 Å². The van der Waals surface area contributed by atoms with Crippen molar-refractivity contribution in [1.82, 2.24) is 14.8 Å². The molecule has 136 valence electrons. The summed E-state index contributed by atoms with van der Waals surface area (Å²) in [5.74, 6) is 1.72. The van der Waals surface area contributed by atoms with E-state index in [1.165, 1.54) is 6.07 Å². The molecule has 3 aromatic rings. The van der Waals surface area contributed by atoms with Crippen molar-refractivity contribution in [3.63, 3.8) is 0 Å². The number of rotatable bonds is 5. The highest BCUT2D eigenvalue weighted by atomic mass is 19.1. The molecule has 0 amide bonds. The van der Waals surface area contributed by atoms with E-state index >= 15 is 0 Å². The minimum Gasteiger partial charge on any atom is -0.493 e. The summed E-state index contributed by atoms with van der Waals surface area (Å²) >= 11 is 0. The minimum atomic E-state index is -0.232. The number of halogens is 1. The van der Waals surface area contributed by atoms with Crippen LogP contribution in [0.4, 0.5) is 21.7 Å². The normalized spacial score (nSPS) is 10.8. The quantitative estimate of drug-likeness (QED) is 0.707. The Kier molecular flexibility index (Phi) is 4.79. The van der Waals surface area contributed by atoms with Crippen LogP contribution in [0, 0.1) is 12.7 Å². The zero-order valence-electron chi connectivity index (χ0n) is 15.3. The Morgan fingerprint density at radius 3 is 2.65 bits per heavy atom. The summed E-state index contributed by atoms with van der Waals surface area (Å²) in [6, 6.07) is 10.4. The van der Waals surface area contributed by atoms with Crippen molar-refractivity contribution in [1.29, 1.82) is 0 Å². The second-order valence-corrected chi connectivity index (χ2v) is 6.06. The van der Waals surface area contributed by atoms with Crippen LogP contribution in [0.5, 0.6) is 5.75 Å². The summed E-state index contributed by atoms with van der Waals surface area (Å²) < 4.78 is 21.1. The summed E-state index contributed by atoms with van der Waals surface area (Å²) in [4.78, 5) is 1.86. The number of aryl methyl sites for hydroxylation is 1. The van der Waals surface area contributed by atoms with E-state index in [1.54, 1.807) is 31.2 Å². The van der Waals surface area contributed by atoms with Crippen molar-refractivity contribution in [2.24, 2.45) is 7.05 Å². The van der Waals surface area contributed by atoms with Crippen molar-refractivity contribution in [3.05, 3.63) is 47.8 Å². The molecule has 0 fully saturated rings. The largest absolute Gasteiger partial charge is 0.493 e. The van der Waals surface area contributed by atoms with Gasteiger partial charge in [0.2, 0.25) is 5.95 Å². The summed E-state index contributed by atoms with van der Waals surface area (Å²) in [7, 11) is 3.75. The first-order chi connectivity index (χ1) is 12.4. The molecule has 7 heteroatoms. The number of anilines is 3. The van der Waals surface area contributed by atoms with E-state index in [1.807, 2.05) is 36.6 Å². The molecule has 2 N–H and O–H groups in total. The summed E-state index contributed by atoms with van der Waals surface area (Å²) in [6.07, 6.45) is 0. The van der Waals surface area contributed by atoms with Crippen molar-refractivity contribution < 1.29 is 9.13 Å². The third-order valence-electron chi connectivity index (χ3n) is 4.23. The maximum absolute atomic E-state index is 13.5. The van der Waals surface area contributed by atoms with Crippen LogP contribution in [0.25, 0.3) is 11.4 Å². The third kappa shape index (κ3) is 3.20. The third-order valence-corrected chi connectivity index (χ3v) is 4.23. The molecule has 0 aliphatic heterocycles. The molecule has 1 aromatic heterocycles. The van der Waals surface area contributed by atoms with Gasteiger partial charge in [-0.25, -0.2) is 4.39 Å². The van der Waals surface area contributed by atoms with E-state index in [9.17, 15) is 4.39 Å². The van der Waals surface area contributed by atoms with Crippen molar-refractivity contribution >= 4 is 17.3 Å². The van der Waals surface area contributed by atoms with E-state index < -0.39 is 0 Å². The first-order valence-corrected chi connectivity index (χ1v) is 8.34. The number of aromatic nitrogens is 3. The van der Waals surface area contributed by atoms with Gasteiger partial charge in [-0.1, -0.05) is 0 Å². The average molecular weight is 355 g/mol. The van der Waals surface area contributed by atoms with Crippen LogP contribution in [-0.4, -0.2) is 28.4 Å². The van der Waals surface area contributed by atoms with Gasteiger partial charge in [0.1, 0.15) is 11.6 Å². The number of hydrogen-bond donors (Lipinski definition) is 1. The summed E-state index contributed by atoms with van der Waals surface area (Å²) in [5, 5.41) is 8.62. The van der Waals surface area contributed by atoms with Gasteiger partial charge in [0, 0.05) is 31.5 Å². The monoisotopic (exact) mass is 355 g/mol. The fourth-order valence-corrected chi connectivity index (χ4v) is 2.80. The number of ether oxygens (including phenoxy) is 1. The number of hydrogen-bond acceptors (Lipinski definition) is 5. The van der Waals surface area contributed by atoms with Gasteiger partial charge < -0.3 is 15.4 Å². The lowest BCUT2D eigenvalue weighted by molar-refractivity contribution is 0.341. The highest BCUT2D eigenvalue weighted by Gasteiger charge is 2.18. The molecule has 1 heterocycles. The van der Waals surface area contributed by atoms with Crippen LogP contribution in [0.1, 0.15) is 12.5 Å². The lowest BCUT2D eigenvalue weighted by Gasteiger charge is -2.19. The average Bonchev–Trinajstić information content (AvgIpc) is 2.98. The van der Waals surface area contributed by atoms with Gasteiger partial charge in [0.25, 0.3) is 0 Å². The summed E-state index contributed by atoms with van der Waals surface area (Å²) in [6.45, 7) is 4.17. The predicted molar refractivity (Wildman–Crippen MR) is 101 cm³/mol. The molecular formula is C19H22FN5O. The van der Waals surface area contributed by atoms with Crippen LogP contribution in [0.2, 0.25) is 0 Å². The molecule has 0 saturated heterocycles. The summed E-state index contributed by atoms with van der Waals surface area (Å²) in [5.41, 5.74) is 8.71. The molecule has 0 spiro atoms. The molecule has 0 radical (unpaired) electrons. The standard InChI is InChI=1S/C19H22FN5O/c1-5-26-17-11-13(21)6-8-15(17)18-22-23-19(25(18)4)24(3)14-7-9-16(20)12(2)10-14/h6-11H,5,21H2,1-4H3. The zero-order chi connectivity index (χ0) is 18.8. The maximum Gasteiger partial charge on any atom is 0.231 e. The Balaban J connectivity index is 2.01. The van der Waals surface area contributed by atoms with Gasteiger partial charge in [-0.05, 0) is 49.7 Å². The second kappa shape index (κ2) is 7.03. The highest BCUT2D eigenvalue weighted by Crippen LogP contribution is 2.33. The van der Waals surface area contributed by atoms with E-state index in [4.69, 9.17) is 10.5 Å². The predicted octanol–water partition coefficient (Wildman–Crippen LogP) is 3.68. The van der Waals surface area contributed by atoms with Gasteiger partial charge >= 0.3 is 0 Å². The lowest BCUT2D eigenvalue weighted by Crippen LogP contribution is -2.15. The molecule has 3 rings (SSSR count). The maximum atomic E-state index is 13.5. The molecule has 0 saturated carbocycles. The van der Waals surface area contributed by atoms with Crippen molar-refractivity contribution in [2.75, 3.05) is 24.3 Å². The molecule has 0 bridgehead atoms. The molecule has 26 heavy (non-hydrogen) atoms. The van der Waals surface area contributed by atoms with Gasteiger partial charge in [-0.15, -0.1) is 10.2 Å². The number of benzene rings is 2. The van der Waals surface area contributed by atoms with Crippen LogP contribution >= 0.6 is 0 Å². The minimum absolute atomic E-state index is 0.232. The molecule has 0 aliphatic carbocycles. The lowest BCUT2D eigenvalue weighted by atomic mass is 10.1. The number of nitrogens with two attached hydrogens (primary N) is 1. The molecular weight excluding hydrogens is 333 g/mol. The van der Waals surface area contributed by atoms with E-state index in [0.29, 0.717) is 35.4 Å². The van der Waals surface area contributed by atoms with E-state index in [0.717, 1.165) is 11.3 Å². The van der Waals surface area contributed by atoms with Crippen molar-refractivity contribution in [3.8, 4) is 17.1 Å². The molecule has 6 nitrogen and oxygen atoms in total. The first-order valence-electron chi connectivity index (χ1n) is 8.34. The highest BCUT2D eigenvalue weighted by molar-refractivity contribution is 5.70. The fourth-order valence-electron chi connectivity index (χ4n) is 2.80. The Bertz CT molecular complexity index is 938. The van der Waals surface area contributed by atoms with Crippen LogP contribution in [-0.2, 0) is 7.05 Å². The SMILES string of the molecule is CCOc1cc(N)ccc1-c1nnc(N(C)c2ccc(F)c(C)c2)n1C. The Morgan fingerprint density at radius 1 is 1.19 bits per heavy atom. The number of nitrogen functional groups attached to an aromatic ring is 1. The number of nitrogens with zero attached hydrogens (tertiary/aromatic N) is 4. The van der Waals surface area contributed by atoms with E-state index in [2.05, 4.69) is 10.2 Å². The molecule has 0 aliphatic rings. The second-order valence-electron chi connectivity index (χ2n) is 6.06.